The molecule has 0 radical (unpaired) electrons. The zero-order chi connectivity index (χ0) is 11.4. The molecule has 2 atom stereocenters. The monoisotopic (exact) mass is 219 g/mol. The van der Waals surface area contributed by atoms with Crippen LogP contribution in [0.3, 0.4) is 0 Å². The topological polar surface area (TPSA) is 96.3 Å². The van der Waals surface area contributed by atoms with Gasteiger partial charge in [0.2, 0.25) is 0 Å². The van der Waals surface area contributed by atoms with Gasteiger partial charge in [0.15, 0.2) is 6.79 Å². The number of β-amino-alcohol motifs (C(OH)–C–C–N with tert-alkyl or cyclic N) is 1. The fraction of sp³-hybridized carbons (Fsp3) is 0.750. The van der Waals surface area contributed by atoms with Gasteiger partial charge >= 0.3 is 12.1 Å². The molecule has 1 aliphatic rings. The lowest BCUT2D eigenvalue weighted by atomic mass is 10.2. The first-order valence-electron chi connectivity index (χ1n) is 4.39. The lowest BCUT2D eigenvalue weighted by Gasteiger charge is -2.19. The van der Waals surface area contributed by atoms with E-state index in [4.69, 9.17) is 5.11 Å². The number of methoxy groups -OCH3 is 1. The third-order valence-electron chi connectivity index (χ3n) is 2.10. The third-order valence-corrected chi connectivity index (χ3v) is 2.10. The number of aliphatic hydroxyl groups excluding tert-OH is 1. The Morgan fingerprint density at radius 1 is 1.53 bits per heavy atom. The van der Waals surface area contributed by atoms with Gasteiger partial charge in [-0.15, -0.1) is 0 Å². The lowest BCUT2D eigenvalue weighted by molar-refractivity contribution is -0.142. The van der Waals surface area contributed by atoms with E-state index in [0.717, 1.165) is 4.90 Å². The van der Waals surface area contributed by atoms with Crippen molar-refractivity contribution in [2.45, 2.75) is 18.6 Å². The van der Waals surface area contributed by atoms with Crippen LogP contribution in [-0.4, -0.2) is 59.8 Å². The van der Waals surface area contributed by atoms with Crippen molar-refractivity contribution in [1.29, 1.82) is 0 Å². The molecule has 1 amide bonds. The molecule has 0 aromatic heterocycles. The maximum atomic E-state index is 11.3. The van der Waals surface area contributed by atoms with E-state index in [0.29, 0.717) is 0 Å². The van der Waals surface area contributed by atoms with Crippen molar-refractivity contribution in [2.75, 3.05) is 20.4 Å². The second kappa shape index (κ2) is 4.94. The van der Waals surface area contributed by atoms with Crippen LogP contribution in [0.2, 0.25) is 0 Å². The number of carboxylic acid groups (broad SMARTS) is 1. The van der Waals surface area contributed by atoms with Crippen LogP contribution in [0.15, 0.2) is 0 Å². The summed E-state index contributed by atoms with van der Waals surface area (Å²) in [4.78, 5) is 23.0. The Bertz CT molecular complexity index is 256. The molecule has 0 spiro atoms. The highest BCUT2D eigenvalue weighted by Crippen LogP contribution is 2.18. The van der Waals surface area contributed by atoms with Crippen molar-refractivity contribution >= 4 is 12.1 Å². The number of aliphatic carboxylic acids is 1. The molecule has 0 aromatic rings. The molecule has 1 rings (SSSR count). The van der Waals surface area contributed by atoms with Gasteiger partial charge in [0.05, 0.1) is 12.6 Å². The highest BCUT2D eigenvalue weighted by molar-refractivity contribution is 5.80. The Morgan fingerprint density at radius 3 is 2.73 bits per heavy atom. The van der Waals surface area contributed by atoms with Gasteiger partial charge in [-0.25, -0.2) is 9.59 Å². The number of amides is 1. The number of aliphatic hydroxyl groups is 1. The lowest BCUT2D eigenvalue weighted by Crippen LogP contribution is -2.41. The first-order chi connectivity index (χ1) is 7.06. The van der Waals surface area contributed by atoms with Gasteiger partial charge in [-0.1, -0.05) is 0 Å². The van der Waals surface area contributed by atoms with E-state index in [1.54, 1.807) is 0 Å². The van der Waals surface area contributed by atoms with Crippen molar-refractivity contribution in [3.05, 3.63) is 0 Å². The predicted molar refractivity (Wildman–Crippen MR) is 47.1 cm³/mol. The smallest absolute Gasteiger partial charge is 0.412 e. The first kappa shape index (κ1) is 11.7. The summed E-state index contributed by atoms with van der Waals surface area (Å²) >= 11 is 0. The average molecular weight is 219 g/mol. The number of hydrogen-bond acceptors (Lipinski definition) is 5. The number of hydrogen-bond donors (Lipinski definition) is 2. The van der Waals surface area contributed by atoms with Crippen LogP contribution in [0.5, 0.6) is 0 Å². The molecule has 1 fully saturated rings. The number of carboxylic acids is 1. The van der Waals surface area contributed by atoms with Gasteiger partial charge < -0.3 is 19.7 Å². The van der Waals surface area contributed by atoms with E-state index in [2.05, 4.69) is 9.47 Å². The summed E-state index contributed by atoms with van der Waals surface area (Å²) in [6, 6.07) is -1.02. The summed E-state index contributed by atoms with van der Waals surface area (Å²) in [6.45, 7) is -0.267. The maximum absolute atomic E-state index is 11.3. The minimum atomic E-state index is -1.15. The fourth-order valence-electron chi connectivity index (χ4n) is 1.44. The molecule has 1 heterocycles. The van der Waals surface area contributed by atoms with Crippen LogP contribution in [0.25, 0.3) is 0 Å². The quantitative estimate of drug-likeness (QED) is 0.606. The van der Waals surface area contributed by atoms with Gasteiger partial charge in [0.25, 0.3) is 0 Å². The minimum Gasteiger partial charge on any atom is -0.480 e. The molecular weight excluding hydrogens is 206 g/mol. The number of ether oxygens (including phenoxy) is 2. The van der Waals surface area contributed by atoms with E-state index in [1.165, 1.54) is 7.11 Å². The number of carbonyl (C=O) groups excluding carboxylic acids is 1. The summed E-state index contributed by atoms with van der Waals surface area (Å²) in [5, 5.41) is 18.0. The second-order valence-corrected chi connectivity index (χ2v) is 3.21. The molecule has 0 aliphatic carbocycles. The molecule has 2 N–H and O–H groups in total. The maximum Gasteiger partial charge on any atom is 0.412 e. The molecule has 0 saturated carbocycles. The summed E-state index contributed by atoms with van der Waals surface area (Å²) in [5.41, 5.74) is 0. The zero-order valence-corrected chi connectivity index (χ0v) is 8.25. The summed E-state index contributed by atoms with van der Waals surface area (Å²) in [5.74, 6) is -1.15. The van der Waals surface area contributed by atoms with Crippen molar-refractivity contribution in [3.63, 3.8) is 0 Å². The molecule has 7 nitrogen and oxygen atoms in total. The molecule has 0 bridgehead atoms. The molecule has 86 valence electrons. The fourth-order valence-corrected chi connectivity index (χ4v) is 1.44. The SMILES string of the molecule is COCOC(=O)N1C[C@@H](O)C[C@H]1C(=O)O. The van der Waals surface area contributed by atoms with Crippen molar-refractivity contribution in [1.82, 2.24) is 4.90 Å². The van der Waals surface area contributed by atoms with Gasteiger partial charge in [0.1, 0.15) is 6.04 Å². The van der Waals surface area contributed by atoms with Gasteiger partial charge in [0, 0.05) is 13.5 Å². The zero-order valence-electron chi connectivity index (χ0n) is 8.25. The summed E-state index contributed by atoms with van der Waals surface area (Å²) in [6.07, 6.45) is -1.58. The minimum absolute atomic E-state index is 0.0252. The highest BCUT2D eigenvalue weighted by Gasteiger charge is 2.39. The van der Waals surface area contributed by atoms with Gasteiger partial charge in [-0.2, -0.15) is 0 Å². The predicted octanol–water partition coefficient (Wildman–Crippen LogP) is -0.753. The van der Waals surface area contributed by atoms with E-state index in [-0.39, 0.29) is 19.8 Å². The van der Waals surface area contributed by atoms with Crippen LogP contribution in [0, 0.1) is 0 Å². The Morgan fingerprint density at radius 2 is 2.20 bits per heavy atom. The summed E-state index contributed by atoms with van der Waals surface area (Å²) < 4.78 is 9.11. The van der Waals surface area contributed by atoms with Crippen LogP contribution in [0.1, 0.15) is 6.42 Å². The number of carbonyl (C=O) groups is 2. The number of rotatable bonds is 3. The van der Waals surface area contributed by atoms with Gasteiger partial charge in [-0.3, -0.25) is 4.90 Å². The second-order valence-electron chi connectivity index (χ2n) is 3.21. The van der Waals surface area contributed by atoms with Crippen LogP contribution in [-0.2, 0) is 14.3 Å². The molecule has 0 unspecified atom stereocenters. The Kier molecular flexibility index (Phi) is 3.87. The van der Waals surface area contributed by atoms with Crippen LogP contribution < -0.4 is 0 Å². The van der Waals surface area contributed by atoms with Crippen molar-refractivity contribution in [3.8, 4) is 0 Å². The first-order valence-corrected chi connectivity index (χ1v) is 4.39. The number of likely N-dealkylation sites (tertiary alicyclic amines) is 1. The standard InChI is InChI=1S/C8H13NO6/c1-14-4-15-8(13)9-3-5(10)2-6(9)7(11)12/h5-6,10H,2-4H2,1H3,(H,11,12)/t5-,6-/m0/s1. The molecule has 15 heavy (non-hydrogen) atoms. The van der Waals surface area contributed by atoms with Crippen LogP contribution in [0.4, 0.5) is 4.79 Å². The highest BCUT2D eigenvalue weighted by atomic mass is 16.7. The Balaban J connectivity index is 2.58. The van der Waals surface area contributed by atoms with Crippen molar-refractivity contribution in [2.24, 2.45) is 0 Å². The normalized spacial score (nSPS) is 25.3. The van der Waals surface area contributed by atoms with E-state index < -0.39 is 24.2 Å². The average Bonchev–Trinajstić information content (AvgIpc) is 2.57. The Labute approximate surface area is 86.2 Å². The van der Waals surface area contributed by atoms with Crippen molar-refractivity contribution < 1.29 is 29.3 Å². The molecular formula is C8H13NO6. The van der Waals surface area contributed by atoms with E-state index in [9.17, 15) is 14.7 Å². The molecule has 1 aliphatic heterocycles. The largest absolute Gasteiger partial charge is 0.480 e. The third kappa shape index (κ3) is 2.80. The summed E-state index contributed by atoms with van der Waals surface area (Å²) in [7, 11) is 1.35. The Hall–Kier alpha value is -1.34. The van der Waals surface area contributed by atoms with E-state index in [1.807, 2.05) is 0 Å². The van der Waals surface area contributed by atoms with E-state index >= 15 is 0 Å². The molecule has 7 heteroatoms. The van der Waals surface area contributed by atoms with Crippen LogP contribution >= 0.6 is 0 Å². The van der Waals surface area contributed by atoms with Gasteiger partial charge in [-0.05, 0) is 0 Å². The molecule has 0 aromatic carbocycles. The molecule has 1 saturated heterocycles. The number of nitrogens with zero attached hydrogens (tertiary/aromatic N) is 1.